The van der Waals surface area contributed by atoms with Crippen LogP contribution >= 0.6 is 0 Å². The Morgan fingerprint density at radius 1 is 1.71 bits per heavy atom. The van der Waals surface area contributed by atoms with E-state index in [2.05, 4.69) is 11.1 Å². The van der Waals surface area contributed by atoms with Gasteiger partial charge in [0.2, 0.25) is 5.91 Å². The Morgan fingerprint density at radius 2 is 2.41 bits per heavy atom. The average molecular weight is 234 g/mol. The molecule has 1 aromatic rings. The lowest BCUT2D eigenvalue weighted by molar-refractivity contribution is -0.133. The van der Waals surface area contributed by atoms with Gasteiger partial charge < -0.3 is 9.47 Å². The molecule has 0 spiro atoms. The zero-order valence-electron chi connectivity index (χ0n) is 10.6. The lowest BCUT2D eigenvalue weighted by Gasteiger charge is -2.19. The second-order valence-corrected chi connectivity index (χ2v) is 4.12. The summed E-state index contributed by atoms with van der Waals surface area (Å²) < 4.78 is 1.87. The second kappa shape index (κ2) is 6.04. The highest BCUT2D eigenvalue weighted by atomic mass is 16.2. The predicted molar refractivity (Wildman–Crippen MR) is 63.7 cm³/mol. The molecule has 1 unspecified atom stereocenters. The molecule has 1 amide bonds. The number of hydrogen-bond acceptors (Lipinski definition) is 3. The van der Waals surface area contributed by atoms with Crippen molar-refractivity contribution in [3.8, 4) is 6.07 Å². The average Bonchev–Trinajstić information content (AvgIpc) is 2.71. The minimum Gasteiger partial charge on any atom is -0.337 e. The lowest BCUT2D eigenvalue weighted by Crippen LogP contribution is -2.32. The SMILES string of the molecule is CCCC(C#N)C(=O)N(C)Cc1nccn1C. The maximum Gasteiger partial charge on any atom is 0.240 e. The highest BCUT2D eigenvalue weighted by Gasteiger charge is 2.21. The second-order valence-electron chi connectivity index (χ2n) is 4.12. The molecule has 1 aromatic heterocycles. The fourth-order valence-corrected chi connectivity index (χ4v) is 1.64. The van der Waals surface area contributed by atoms with E-state index < -0.39 is 5.92 Å². The fourth-order valence-electron chi connectivity index (χ4n) is 1.64. The van der Waals surface area contributed by atoms with Gasteiger partial charge >= 0.3 is 0 Å². The third-order valence-corrected chi connectivity index (χ3v) is 2.71. The summed E-state index contributed by atoms with van der Waals surface area (Å²) in [5, 5.41) is 8.94. The molecular weight excluding hydrogens is 216 g/mol. The molecule has 0 aliphatic carbocycles. The maximum absolute atomic E-state index is 12.0. The van der Waals surface area contributed by atoms with Gasteiger partial charge in [-0.25, -0.2) is 4.98 Å². The summed E-state index contributed by atoms with van der Waals surface area (Å²) in [6.07, 6.45) is 4.98. The van der Waals surface area contributed by atoms with Crippen LogP contribution in [0.1, 0.15) is 25.6 Å². The molecule has 0 aliphatic heterocycles. The number of amides is 1. The Morgan fingerprint density at radius 3 is 2.88 bits per heavy atom. The minimum absolute atomic E-state index is 0.127. The van der Waals surface area contributed by atoms with E-state index in [0.717, 1.165) is 12.2 Å². The molecule has 17 heavy (non-hydrogen) atoms. The molecule has 5 nitrogen and oxygen atoms in total. The summed E-state index contributed by atoms with van der Waals surface area (Å²) in [4.78, 5) is 17.7. The number of nitrogens with zero attached hydrogens (tertiary/aromatic N) is 4. The summed E-state index contributed by atoms with van der Waals surface area (Å²) >= 11 is 0. The van der Waals surface area contributed by atoms with Crippen LogP contribution in [0.5, 0.6) is 0 Å². The first-order valence-electron chi connectivity index (χ1n) is 5.71. The number of rotatable bonds is 5. The van der Waals surface area contributed by atoms with E-state index in [1.807, 2.05) is 24.7 Å². The zero-order valence-corrected chi connectivity index (χ0v) is 10.6. The van der Waals surface area contributed by atoms with E-state index in [1.54, 1.807) is 18.1 Å². The molecule has 0 saturated heterocycles. The van der Waals surface area contributed by atoms with Gasteiger partial charge in [-0.1, -0.05) is 13.3 Å². The van der Waals surface area contributed by atoms with Crippen LogP contribution in [0, 0.1) is 17.2 Å². The first-order valence-corrected chi connectivity index (χ1v) is 5.71. The monoisotopic (exact) mass is 234 g/mol. The van der Waals surface area contributed by atoms with Crippen LogP contribution in [0.3, 0.4) is 0 Å². The molecule has 1 atom stereocenters. The van der Waals surface area contributed by atoms with Crippen LogP contribution in [0.15, 0.2) is 12.4 Å². The van der Waals surface area contributed by atoms with Gasteiger partial charge in [-0.2, -0.15) is 5.26 Å². The Hall–Kier alpha value is -1.83. The van der Waals surface area contributed by atoms with Gasteiger partial charge in [0.1, 0.15) is 11.7 Å². The quantitative estimate of drug-likeness (QED) is 0.772. The van der Waals surface area contributed by atoms with E-state index in [0.29, 0.717) is 13.0 Å². The topological polar surface area (TPSA) is 61.9 Å². The highest BCUT2D eigenvalue weighted by molar-refractivity contribution is 5.80. The van der Waals surface area contributed by atoms with Crippen LogP contribution < -0.4 is 0 Å². The predicted octanol–water partition coefficient (Wildman–Crippen LogP) is 1.32. The summed E-state index contributed by atoms with van der Waals surface area (Å²) in [5.74, 6) is 0.150. The molecule has 5 heteroatoms. The van der Waals surface area contributed by atoms with E-state index >= 15 is 0 Å². The van der Waals surface area contributed by atoms with Gasteiger partial charge in [-0.05, 0) is 6.42 Å². The Bertz CT molecular complexity index is 418. The van der Waals surface area contributed by atoms with E-state index in [4.69, 9.17) is 5.26 Å². The van der Waals surface area contributed by atoms with Gasteiger partial charge in [-0.15, -0.1) is 0 Å². The largest absolute Gasteiger partial charge is 0.337 e. The van der Waals surface area contributed by atoms with Gasteiger partial charge in [0.05, 0.1) is 12.6 Å². The molecule has 0 aliphatic rings. The van der Waals surface area contributed by atoms with Crippen molar-refractivity contribution in [2.45, 2.75) is 26.3 Å². The summed E-state index contributed by atoms with van der Waals surface area (Å²) in [7, 11) is 3.59. The van der Waals surface area contributed by atoms with Gasteiger partial charge in [0.25, 0.3) is 0 Å². The number of nitriles is 1. The smallest absolute Gasteiger partial charge is 0.240 e. The highest BCUT2D eigenvalue weighted by Crippen LogP contribution is 2.10. The molecule has 0 N–H and O–H groups in total. The van der Waals surface area contributed by atoms with Crippen molar-refractivity contribution in [3.63, 3.8) is 0 Å². The summed E-state index contributed by atoms with van der Waals surface area (Å²) in [6, 6.07) is 2.06. The number of hydrogen-bond donors (Lipinski definition) is 0. The normalized spacial score (nSPS) is 11.9. The third-order valence-electron chi connectivity index (χ3n) is 2.71. The van der Waals surface area contributed by atoms with Crippen molar-refractivity contribution in [2.24, 2.45) is 13.0 Å². The zero-order chi connectivity index (χ0) is 12.8. The lowest BCUT2D eigenvalue weighted by atomic mass is 10.0. The molecule has 0 saturated carbocycles. The van der Waals surface area contributed by atoms with Gasteiger partial charge in [-0.3, -0.25) is 4.79 Å². The number of aryl methyl sites for hydroxylation is 1. The van der Waals surface area contributed by atoms with Crippen LogP contribution in [-0.2, 0) is 18.4 Å². The van der Waals surface area contributed by atoms with Crippen molar-refractivity contribution in [1.29, 1.82) is 5.26 Å². The summed E-state index contributed by atoms with van der Waals surface area (Å²) in [6.45, 7) is 2.40. The number of aromatic nitrogens is 2. The molecular formula is C12H18N4O. The minimum atomic E-state index is -0.537. The Balaban J connectivity index is 2.64. The molecule has 1 heterocycles. The molecule has 92 valence electrons. The molecule has 0 fully saturated rings. The first kappa shape index (κ1) is 13.2. The van der Waals surface area contributed by atoms with Crippen molar-refractivity contribution in [2.75, 3.05) is 7.05 Å². The van der Waals surface area contributed by atoms with Crippen molar-refractivity contribution < 1.29 is 4.79 Å². The van der Waals surface area contributed by atoms with Crippen LogP contribution in [0.4, 0.5) is 0 Å². The molecule has 0 radical (unpaired) electrons. The van der Waals surface area contributed by atoms with Gasteiger partial charge in [0, 0.05) is 26.5 Å². The standard InChI is InChI=1S/C12H18N4O/c1-4-5-10(8-13)12(17)16(3)9-11-14-6-7-15(11)2/h6-7,10H,4-5,9H2,1-3H3. The van der Waals surface area contributed by atoms with Crippen LogP contribution in [-0.4, -0.2) is 27.4 Å². The van der Waals surface area contributed by atoms with Crippen molar-refractivity contribution >= 4 is 5.91 Å². The fraction of sp³-hybridized carbons (Fsp3) is 0.583. The number of imidazole rings is 1. The van der Waals surface area contributed by atoms with Crippen LogP contribution in [0.25, 0.3) is 0 Å². The molecule has 1 rings (SSSR count). The first-order chi connectivity index (χ1) is 8.10. The number of carbonyl (C=O) groups is 1. The van der Waals surface area contributed by atoms with E-state index in [9.17, 15) is 4.79 Å². The Labute approximate surface area is 102 Å². The van der Waals surface area contributed by atoms with Gasteiger partial charge in [0.15, 0.2) is 0 Å². The van der Waals surface area contributed by atoms with Crippen molar-refractivity contribution in [1.82, 2.24) is 14.5 Å². The third kappa shape index (κ3) is 3.31. The number of carbonyl (C=O) groups excluding carboxylic acids is 1. The Kier molecular flexibility index (Phi) is 4.70. The van der Waals surface area contributed by atoms with E-state index in [-0.39, 0.29) is 5.91 Å². The molecule has 0 aromatic carbocycles. The molecule has 0 bridgehead atoms. The van der Waals surface area contributed by atoms with E-state index in [1.165, 1.54) is 0 Å². The van der Waals surface area contributed by atoms with Crippen molar-refractivity contribution in [3.05, 3.63) is 18.2 Å². The summed E-state index contributed by atoms with van der Waals surface area (Å²) in [5.41, 5.74) is 0. The van der Waals surface area contributed by atoms with Crippen LogP contribution in [0.2, 0.25) is 0 Å². The maximum atomic E-state index is 12.0.